The normalized spacial score (nSPS) is 6.00. The van der Waals surface area contributed by atoms with E-state index in [9.17, 15) is 0 Å². The van der Waals surface area contributed by atoms with Crippen molar-refractivity contribution in [1.82, 2.24) is 9.97 Å². The molecule has 0 unspecified atom stereocenters. The first kappa shape index (κ1) is 10.9. The monoisotopic (exact) mass is 178 g/mol. The molecule has 0 N–H and O–H groups in total. The van der Waals surface area contributed by atoms with Crippen molar-refractivity contribution in [3.63, 3.8) is 0 Å². The van der Waals surface area contributed by atoms with Crippen molar-refractivity contribution < 1.29 is 19.5 Å². The molecule has 0 saturated heterocycles. The van der Waals surface area contributed by atoms with Gasteiger partial charge in [-0.05, 0) is 6.07 Å². The van der Waals surface area contributed by atoms with Crippen LogP contribution in [0, 0.1) is 0 Å². The summed E-state index contributed by atoms with van der Waals surface area (Å²) in [5.74, 6) is 0. The van der Waals surface area contributed by atoms with Gasteiger partial charge in [0, 0.05) is 31.9 Å². The summed E-state index contributed by atoms with van der Waals surface area (Å²) in [6, 6.07) is 1.78. The molecular weight excluding hydrogens is 174 g/mol. The minimum atomic E-state index is 0. The molecule has 0 aliphatic rings. The zero-order valence-electron chi connectivity index (χ0n) is 4.41. The molecule has 0 amide bonds. The Morgan fingerprint density at radius 1 is 1.00 bits per heavy atom. The smallest absolute Gasteiger partial charge is 0.115 e. The summed E-state index contributed by atoms with van der Waals surface area (Å²) < 4.78 is 0. The van der Waals surface area contributed by atoms with E-state index in [2.05, 4.69) is 9.97 Å². The van der Waals surface area contributed by atoms with E-state index in [0.29, 0.717) is 0 Å². The predicted molar refractivity (Wildman–Crippen MR) is 32.4 cm³/mol. The second kappa shape index (κ2) is 7.05. The van der Waals surface area contributed by atoms with Crippen LogP contribution in [0.4, 0.5) is 0 Å². The fourth-order valence-corrected chi connectivity index (χ4v) is 0.253. The van der Waals surface area contributed by atoms with Gasteiger partial charge in [-0.2, -0.15) is 13.5 Å². The fraction of sp³-hybridized carbons (Fsp3) is 0. The van der Waals surface area contributed by atoms with Gasteiger partial charge >= 0.3 is 0 Å². The van der Waals surface area contributed by atoms with Crippen LogP contribution in [0.15, 0.2) is 24.8 Å². The summed E-state index contributed by atoms with van der Waals surface area (Å²) in [4.78, 5) is 7.35. The molecule has 2 nitrogen and oxygen atoms in total. The summed E-state index contributed by atoms with van der Waals surface area (Å²) in [5, 5.41) is 0. The predicted octanol–water partition coefficient (Wildman–Crippen LogP) is 0.587. The van der Waals surface area contributed by atoms with Crippen LogP contribution in [0.2, 0.25) is 0 Å². The molecule has 40 valence electrons. The van der Waals surface area contributed by atoms with Crippen LogP contribution < -0.4 is 0 Å². The van der Waals surface area contributed by atoms with Gasteiger partial charge in [-0.1, -0.05) is 0 Å². The molecule has 0 aliphatic carbocycles. The average molecular weight is 180 g/mol. The van der Waals surface area contributed by atoms with Crippen LogP contribution in [0.1, 0.15) is 0 Å². The van der Waals surface area contributed by atoms with Crippen molar-refractivity contribution >= 4 is 13.5 Å². The average Bonchev–Trinajstić information content (AvgIpc) is 1.72. The zero-order chi connectivity index (χ0) is 4.24. The van der Waals surface area contributed by atoms with Crippen molar-refractivity contribution in [2.75, 3.05) is 0 Å². The third-order valence-corrected chi connectivity index (χ3v) is 0.478. The minimum absolute atomic E-state index is 0. The maximum absolute atomic E-state index is 3.67. The Morgan fingerprint density at radius 3 is 1.62 bits per heavy atom. The minimum Gasteiger partial charge on any atom is -0.245 e. The summed E-state index contributed by atoms with van der Waals surface area (Å²) in [6.45, 7) is 0. The zero-order valence-corrected chi connectivity index (χ0v) is 8.38. The van der Waals surface area contributed by atoms with Gasteiger partial charge in [-0.3, -0.25) is 0 Å². The topological polar surface area (TPSA) is 25.8 Å². The summed E-state index contributed by atoms with van der Waals surface area (Å²) in [5.41, 5.74) is 0. The van der Waals surface area contributed by atoms with E-state index < -0.39 is 0 Å². The van der Waals surface area contributed by atoms with Gasteiger partial charge < -0.3 is 0 Å². The maximum Gasteiger partial charge on any atom is 0.115 e. The van der Waals surface area contributed by atoms with Crippen LogP contribution in [-0.2, 0) is 19.5 Å². The van der Waals surface area contributed by atoms with Gasteiger partial charge in [0.05, 0.1) is 0 Å². The molecule has 0 aliphatic heterocycles. The van der Waals surface area contributed by atoms with Crippen LogP contribution >= 0.6 is 13.5 Å². The molecule has 4 heteroatoms. The third-order valence-electron chi connectivity index (χ3n) is 0.478. The molecule has 1 aromatic heterocycles. The standard InChI is InChI=1S/C4H4N2.H2S.Zn/c1-2-5-4-6-3-1;;/h1-4H;1H2;. The first-order chi connectivity index (χ1) is 3.00. The van der Waals surface area contributed by atoms with Crippen molar-refractivity contribution in [2.45, 2.75) is 0 Å². The van der Waals surface area contributed by atoms with Crippen LogP contribution in [0.5, 0.6) is 0 Å². The number of hydrogen-bond donors (Lipinski definition) is 0. The molecule has 8 heavy (non-hydrogen) atoms. The Bertz CT molecular complexity index is 86.0. The van der Waals surface area contributed by atoms with E-state index >= 15 is 0 Å². The number of nitrogens with zero attached hydrogens (tertiary/aromatic N) is 2. The number of aromatic nitrogens is 2. The maximum atomic E-state index is 3.67. The molecule has 0 fully saturated rings. The van der Waals surface area contributed by atoms with Crippen molar-refractivity contribution in [3.8, 4) is 0 Å². The Balaban J connectivity index is 0. The second-order valence-electron chi connectivity index (χ2n) is 0.904. The molecule has 0 aromatic carbocycles. The molecule has 1 heterocycles. The van der Waals surface area contributed by atoms with Crippen LogP contribution in [0.25, 0.3) is 0 Å². The van der Waals surface area contributed by atoms with E-state index in [4.69, 9.17) is 0 Å². The Hall–Kier alpha value is 0.0534. The molecular formula is C4H6N2SZn. The third kappa shape index (κ3) is 4.22. The van der Waals surface area contributed by atoms with E-state index in [-0.39, 0.29) is 33.0 Å². The number of hydrogen-bond acceptors (Lipinski definition) is 2. The SMILES string of the molecule is S.[Zn].c1cncnc1. The first-order valence-corrected chi connectivity index (χ1v) is 1.70. The summed E-state index contributed by atoms with van der Waals surface area (Å²) >= 11 is 0. The van der Waals surface area contributed by atoms with E-state index in [0.717, 1.165) is 0 Å². The Kier molecular flexibility index (Phi) is 9.64. The Labute approximate surface area is 67.9 Å². The van der Waals surface area contributed by atoms with Gasteiger partial charge in [0.1, 0.15) is 6.33 Å². The van der Waals surface area contributed by atoms with Crippen LogP contribution in [-0.4, -0.2) is 9.97 Å². The molecule has 0 saturated carbocycles. The molecule has 0 spiro atoms. The molecule has 0 atom stereocenters. The molecule has 0 radical (unpaired) electrons. The molecule has 1 aromatic rings. The summed E-state index contributed by atoms with van der Waals surface area (Å²) in [7, 11) is 0. The van der Waals surface area contributed by atoms with Gasteiger partial charge in [0.15, 0.2) is 0 Å². The Morgan fingerprint density at radius 2 is 1.50 bits per heavy atom. The number of rotatable bonds is 0. The van der Waals surface area contributed by atoms with Gasteiger partial charge in [0.25, 0.3) is 0 Å². The van der Waals surface area contributed by atoms with Gasteiger partial charge in [0.2, 0.25) is 0 Å². The largest absolute Gasteiger partial charge is 0.245 e. The van der Waals surface area contributed by atoms with E-state index in [1.165, 1.54) is 6.33 Å². The van der Waals surface area contributed by atoms with Gasteiger partial charge in [-0.15, -0.1) is 0 Å². The quantitative estimate of drug-likeness (QED) is 0.545. The first-order valence-electron chi connectivity index (χ1n) is 1.70. The van der Waals surface area contributed by atoms with E-state index in [1.54, 1.807) is 18.5 Å². The van der Waals surface area contributed by atoms with Crippen molar-refractivity contribution in [2.24, 2.45) is 0 Å². The summed E-state index contributed by atoms with van der Waals surface area (Å²) in [6.07, 6.45) is 4.88. The molecule has 1 rings (SSSR count). The van der Waals surface area contributed by atoms with Gasteiger partial charge in [-0.25, -0.2) is 9.97 Å². The molecule has 0 bridgehead atoms. The van der Waals surface area contributed by atoms with E-state index in [1.807, 2.05) is 0 Å². The van der Waals surface area contributed by atoms with Crippen molar-refractivity contribution in [1.29, 1.82) is 0 Å². The second-order valence-corrected chi connectivity index (χ2v) is 0.904. The van der Waals surface area contributed by atoms with Crippen LogP contribution in [0.3, 0.4) is 0 Å². The fourth-order valence-electron chi connectivity index (χ4n) is 0.253. The van der Waals surface area contributed by atoms with Crippen molar-refractivity contribution in [3.05, 3.63) is 24.8 Å².